The molecule has 1 atom stereocenters. The molecule has 0 saturated heterocycles. The first-order valence-corrected chi connectivity index (χ1v) is 15.1. The second-order valence-corrected chi connectivity index (χ2v) is 11.7. The number of nitrogens with zero attached hydrogens (tertiary/aromatic N) is 4. The number of aromatic hydroxyl groups is 1. The molecule has 0 aliphatic carbocycles. The summed E-state index contributed by atoms with van der Waals surface area (Å²) in [4.78, 5) is 36.5. The summed E-state index contributed by atoms with van der Waals surface area (Å²) in [5, 5.41) is 11.3. The van der Waals surface area contributed by atoms with Crippen molar-refractivity contribution < 1.29 is 24.2 Å². The van der Waals surface area contributed by atoms with Gasteiger partial charge in [-0.1, -0.05) is 24.3 Å². The molecule has 7 rings (SSSR count). The number of urea groups is 1. The number of allylic oxidation sites excluding steroid dienone is 2. The van der Waals surface area contributed by atoms with Crippen LogP contribution in [0.15, 0.2) is 91.1 Å². The van der Waals surface area contributed by atoms with E-state index in [1.807, 2.05) is 49.1 Å². The Labute approximate surface area is 278 Å². The van der Waals surface area contributed by atoms with Crippen LogP contribution in [0.25, 0.3) is 5.70 Å². The molecule has 3 aliphatic heterocycles. The van der Waals surface area contributed by atoms with Crippen molar-refractivity contribution in [2.24, 2.45) is 0 Å². The standard InChI is InChI=1S/C36H33N5O5.ClH/c1-22-15-28(16-23(2)37-22)41(27-10-12-29(42)13-11-27)36(44)40-14-6-9-32(38-40)30-18-33-34(46-21-45-33)19-31(30)35(43)39-20-26-8-5-4-7-25(26)17-24(39)3;/h4-16,18-19,24,38,42H,17,20-21H2,1-3H3;1H/t24-;/m1./s1. The number of ether oxygens (including phenoxy) is 2. The number of hydrogen-bond donors (Lipinski definition) is 2. The van der Waals surface area contributed by atoms with E-state index in [0.717, 1.165) is 23.4 Å². The number of phenolic OH excluding ortho intramolecular Hbond substituents is 1. The van der Waals surface area contributed by atoms with Crippen LogP contribution in [0.1, 0.15) is 45.4 Å². The van der Waals surface area contributed by atoms with Gasteiger partial charge in [-0.3, -0.25) is 20.1 Å². The number of hydrazine groups is 1. The van der Waals surface area contributed by atoms with Crippen LogP contribution in [-0.2, 0) is 13.0 Å². The van der Waals surface area contributed by atoms with Crippen molar-refractivity contribution in [3.8, 4) is 17.2 Å². The fourth-order valence-electron chi connectivity index (χ4n) is 6.16. The Hall–Kier alpha value is -5.48. The van der Waals surface area contributed by atoms with Crippen molar-refractivity contribution in [2.45, 2.75) is 39.8 Å². The van der Waals surface area contributed by atoms with Gasteiger partial charge in [-0.15, -0.1) is 12.4 Å². The van der Waals surface area contributed by atoms with E-state index in [1.54, 1.807) is 41.4 Å². The first-order valence-electron chi connectivity index (χ1n) is 15.1. The first-order chi connectivity index (χ1) is 22.2. The van der Waals surface area contributed by atoms with Gasteiger partial charge in [-0.2, -0.15) is 0 Å². The molecule has 0 saturated carbocycles. The quantitative estimate of drug-likeness (QED) is 0.251. The molecular weight excluding hydrogens is 618 g/mol. The van der Waals surface area contributed by atoms with Crippen LogP contribution in [0.4, 0.5) is 16.2 Å². The highest BCUT2D eigenvalue weighted by molar-refractivity contribution is 6.02. The molecule has 2 N–H and O–H groups in total. The highest BCUT2D eigenvalue weighted by Crippen LogP contribution is 2.39. The maximum atomic E-state index is 14.3. The number of fused-ring (bicyclic) bond motifs is 2. The number of nitrogens with one attached hydrogen (secondary N) is 1. The zero-order chi connectivity index (χ0) is 31.9. The Kier molecular flexibility index (Phi) is 8.53. The predicted octanol–water partition coefficient (Wildman–Crippen LogP) is 6.77. The lowest BCUT2D eigenvalue weighted by Crippen LogP contribution is -2.46. The number of carbonyl (C=O) groups excluding carboxylic acids is 2. The van der Waals surface area contributed by atoms with Crippen molar-refractivity contribution in [1.29, 1.82) is 0 Å². The summed E-state index contributed by atoms with van der Waals surface area (Å²) in [5.74, 6) is 0.969. The van der Waals surface area contributed by atoms with Gasteiger partial charge in [-0.25, -0.2) is 9.80 Å². The summed E-state index contributed by atoms with van der Waals surface area (Å²) in [6.07, 6.45) is 5.95. The lowest BCUT2D eigenvalue weighted by molar-refractivity contribution is 0.0657. The number of halogens is 1. The van der Waals surface area contributed by atoms with E-state index < -0.39 is 6.03 Å². The summed E-state index contributed by atoms with van der Waals surface area (Å²) in [5.41, 5.74) is 9.84. The molecular formula is C36H34ClN5O5. The number of aromatic nitrogens is 1. The van der Waals surface area contributed by atoms with Crippen molar-refractivity contribution in [3.05, 3.63) is 125 Å². The third kappa shape index (κ3) is 6.07. The maximum Gasteiger partial charge on any atom is 0.351 e. The smallest absolute Gasteiger partial charge is 0.351 e. The highest BCUT2D eigenvalue weighted by atomic mass is 35.5. The van der Waals surface area contributed by atoms with Crippen LogP contribution in [0.2, 0.25) is 0 Å². The molecule has 11 heteroatoms. The van der Waals surface area contributed by atoms with Crippen LogP contribution in [0.3, 0.4) is 0 Å². The molecule has 3 aliphatic rings. The molecule has 3 aromatic carbocycles. The van der Waals surface area contributed by atoms with Gasteiger partial charge in [0.25, 0.3) is 5.91 Å². The van der Waals surface area contributed by atoms with Crippen molar-refractivity contribution in [1.82, 2.24) is 20.3 Å². The highest BCUT2D eigenvalue weighted by Gasteiger charge is 2.33. The summed E-state index contributed by atoms with van der Waals surface area (Å²) in [6.45, 7) is 6.35. The van der Waals surface area contributed by atoms with Crippen LogP contribution in [0.5, 0.6) is 17.2 Å². The molecule has 0 fully saturated rings. The second-order valence-electron chi connectivity index (χ2n) is 11.7. The van der Waals surface area contributed by atoms with Crippen molar-refractivity contribution in [2.75, 3.05) is 11.7 Å². The number of rotatable bonds is 4. The van der Waals surface area contributed by atoms with Crippen LogP contribution in [-0.4, -0.2) is 44.8 Å². The minimum atomic E-state index is -0.410. The number of hydrogen-bond acceptors (Lipinski definition) is 7. The fourth-order valence-corrected chi connectivity index (χ4v) is 6.16. The average Bonchev–Trinajstić information content (AvgIpc) is 3.52. The number of phenols is 1. The maximum absolute atomic E-state index is 14.3. The van der Waals surface area contributed by atoms with Gasteiger partial charge >= 0.3 is 6.03 Å². The Bertz CT molecular complexity index is 1910. The lowest BCUT2D eigenvalue weighted by Gasteiger charge is -2.36. The third-order valence-electron chi connectivity index (χ3n) is 8.37. The number of pyridine rings is 1. The van der Waals surface area contributed by atoms with Gasteiger partial charge in [0.2, 0.25) is 6.79 Å². The zero-order valence-electron chi connectivity index (χ0n) is 26.1. The van der Waals surface area contributed by atoms with E-state index >= 15 is 0 Å². The van der Waals surface area contributed by atoms with E-state index in [1.165, 1.54) is 22.7 Å². The minimum Gasteiger partial charge on any atom is -0.508 e. The van der Waals surface area contributed by atoms with Gasteiger partial charge < -0.3 is 19.5 Å². The lowest BCUT2D eigenvalue weighted by atomic mass is 9.93. The molecule has 240 valence electrons. The molecule has 0 radical (unpaired) electrons. The average molecular weight is 652 g/mol. The Balaban J connectivity index is 0.00000386. The molecule has 47 heavy (non-hydrogen) atoms. The van der Waals surface area contributed by atoms with Gasteiger partial charge in [0.05, 0.1) is 22.6 Å². The number of amides is 3. The number of carbonyl (C=O) groups is 2. The molecule has 4 aromatic rings. The summed E-state index contributed by atoms with van der Waals surface area (Å²) in [7, 11) is 0. The van der Waals surface area contributed by atoms with E-state index in [2.05, 4.69) is 29.5 Å². The van der Waals surface area contributed by atoms with Crippen molar-refractivity contribution >= 4 is 41.4 Å². The molecule has 3 amide bonds. The SMILES string of the molecule is Cc1cc(N(C(=O)N2C=CC=C(c3cc4c(cc3C(=O)N3Cc5ccccc5C[C@H]3C)OCO4)N2)c2ccc(O)cc2)cc(C)n1.Cl. The molecule has 10 nitrogen and oxygen atoms in total. The molecule has 4 heterocycles. The summed E-state index contributed by atoms with van der Waals surface area (Å²) < 4.78 is 11.4. The second kappa shape index (κ2) is 12.7. The number of aryl methyl sites for hydroxylation is 2. The number of benzene rings is 3. The van der Waals surface area contributed by atoms with Gasteiger partial charge in [0.1, 0.15) is 5.75 Å². The van der Waals surface area contributed by atoms with Crippen LogP contribution < -0.4 is 19.8 Å². The third-order valence-corrected chi connectivity index (χ3v) is 8.37. The van der Waals surface area contributed by atoms with Crippen LogP contribution in [0, 0.1) is 13.8 Å². The topological polar surface area (TPSA) is 107 Å². The Morgan fingerprint density at radius 1 is 0.936 bits per heavy atom. The van der Waals surface area contributed by atoms with Crippen molar-refractivity contribution in [3.63, 3.8) is 0 Å². The monoisotopic (exact) mass is 651 g/mol. The Morgan fingerprint density at radius 3 is 2.34 bits per heavy atom. The van der Waals surface area contributed by atoms with Crippen LogP contribution >= 0.6 is 12.4 Å². The van der Waals surface area contributed by atoms with Gasteiger partial charge in [-0.05, 0) is 99.0 Å². The van der Waals surface area contributed by atoms with E-state index in [9.17, 15) is 14.7 Å². The zero-order valence-corrected chi connectivity index (χ0v) is 27.0. The molecule has 0 spiro atoms. The van der Waals surface area contributed by atoms with E-state index in [0.29, 0.717) is 46.2 Å². The van der Waals surface area contributed by atoms with E-state index in [4.69, 9.17) is 9.47 Å². The fraction of sp³-hybridized carbons (Fsp3) is 0.194. The normalized spacial score (nSPS) is 16.1. The molecule has 1 aromatic heterocycles. The summed E-state index contributed by atoms with van der Waals surface area (Å²) >= 11 is 0. The predicted molar refractivity (Wildman–Crippen MR) is 181 cm³/mol. The number of anilines is 2. The molecule has 0 unspecified atom stereocenters. The van der Waals surface area contributed by atoms with Gasteiger partial charge in [0, 0.05) is 35.7 Å². The minimum absolute atomic E-state index is 0. The summed E-state index contributed by atoms with van der Waals surface area (Å²) in [6, 6.07) is 21.4. The first kappa shape index (κ1) is 31.5. The van der Waals surface area contributed by atoms with Gasteiger partial charge in [0.15, 0.2) is 11.5 Å². The Morgan fingerprint density at radius 2 is 1.62 bits per heavy atom. The molecule has 0 bridgehead atoms. The van der Waals surface area contributed by atoms with E-state index in [-0.39, 0.29) is 36.9 Å². The largest absolute Gasteiger partial charge is 0.508 e.